The largest absolute Gasteiger partial charge is 0.461 e. The van der Waals surface area contributed by atoms with Gasteiger partial charge in [-0.1, -0.05) is 6.92 Å². The first-order valence-electron chi connectivity index (χ1n) is 11.7. The Morgan fingerprint density at radius 1 is 1.21 bits per heavy atom. The van der Waals surface area contributed by atoms with E-state index in [1.54, 1.807) is 4.90 Å². The first-order chi connectivity index (χ1) is 16.1. The minimum Gasteiger partial charge on any atom is -0.461 e. The third-order valence-corrected chi connectivity index (χ3v) is 6.17. The molecule has 1 unspecified atom stereocenters. The van der Waals surface area contributed by atoms with Gasteiger partial charge in [0.05, 0.1) is 6.54 Å². The van der Waals surface area contributed by atoms with E-state index in [4.69, 9.17) is 4.42 Å². The zero-order valence-corrected chi connectivity index (χ0v) is 19.0. The average Bonchev–Trinajstić information content (AvgIpc) is 3.46. The molecule has 2 N–H and O–H groups in total. The maximum Gasteiger partial charge on any atom is 0.247 e. The number of rotatable bonds is 5. The molecule has 3 heterocycles. The molecule has 0 spiro atoms. The number of hydrogen-bond donors (Lipinski definition) is 2. The molecule has 0 saturated carbocycles. The second-order valence-corrected chi connectivity index (χ2v) is 8.52. The maximum absolute atomic E-state index is 13.2. The van der Waals surface area contributed by atoms with Crippen LogP contribution < -0.4 is 10.6 Å². The normalized spacial score (nSPS) is 19.5. The van der Waals surface area contributed by atoms with Crippen molar-refractivity contribution >= 4 is 34.4 Å². The lowest BCUT2D eigenvalue weighted by molar-refractivity contribution is -0.140. The van der Waals surface area contributed by atoms with Crippen LogP contribution in [0.2, 0.25) is 0 Å². The number of anilines is 1. The van der Waals surface area contributed by atoms with Crippen LogP contribution in [0.4, 0.5) is 5.69 Å². The molecule has 2 amide bonds. The molecule has 174 valence electrons. The molecule has 2 aromatic rings. The first kappa shape index (κ1) is 22.6. The fourth-order valence-corrected chi connectivity index (χ4v) is 4.38. The van der Waals surface area contributed by atoms with Gasteiger partial charge < -0.3 is 19.5 Å². The fourth-order valence-electron chi connectivity index (χ4n) is 4.38. The van der Waals surface area contributed by atoms with Gasteiger partial charge in [0.1, 0.15) is 17.4 Å². The van der Waals surface area contributed by atoms with Crippen molar-refractivity contribution in [3.8, 4) is 6.19 Å². The van der Waals surface area contributed by atoms with E-state index in [1.165, 1.54) is 0 Å². The van der Waals surface area contributed by atoms with Crippen molar-refractivity contribution in [3.05, 3.63) is 30.0 Å². The Kier molecular flexibility index (Phi) is 7.13. The number of aliphatic imine (C=N–C) groups is 1. The summed E-state index contributed by atoms with van der Waals surface area (Å²) in [5.41, 5.74) is 1.52. The number of fused-ring (bicyclic) bond motifs is 1. The van der Waals surface area contributed by atoms with Crippen LogP contribution in [0, 0.1) is 11.5 Å². The Morgan fingerprint density at radius 3 is 2.76 bits per heavy atom. The van der Waals surface area contributed by atoms with Crippen molar-refractivity contribution in [2.24, 2.45) is 4.99 Å². The molecule has 2 fully saturated rings. The summed E-state index contributed by atoms with van der Waals surface area (Å²) in [5, 5.41) is 15.8. The minimum atomic E-state index is -0.647. The standard InChI is InChI=1S/C24H30N6O3/c1-2-19-14-17-13-18(8-9-21(17)33-19)27-24(26-16-25)28-20-7-3-4-12-30(23(20)32)15-22(31)29-10-5-6-11-29/h8-9,13-14,20H,2-7,10-12,15H2,1H3,(H2,26,27,28). The van der Waals surface area contributed by atoms with Gasteiger partial charge in [0.25, 0.3) is 0 Å². The Bertz CT molecular complexity index is 1080. The highest BCUT2D eigenvalue weighted by atomic mass is 16.3. The summed E-state index contributed by atoms with van der Waals surface area (Å²) in [7, 11) is 0. The molecular weight excluding hydrogens is 420 g/mol. The van der Waals surface area contributed by atoms with Gasteiger partial charge in [0.15, 0.2) is 6.19 Å². The van der Waals surface area contributed by atoms with Crippen molar-refractivity contribution in [1.29, 1.82) is 5.26 Å². The smallest absolute Gasteiger partial charge is 0.247 e. The van der Waals surface area contributed by atoms with E-state index < -0.39 is 6.04 Å². The van der Waals surface area contributed by atoms with E-state index in [0.717, 1.165) is 67.6 Å². The maximum atomic E-state index is 13.2. The molecule has 1 aromatic heterocycles. The predicted octanol–water partition coefficient (Wildman–Crippen LogP) is 2.84. The van der Waals surface area contributed by atoms with E-state index in [2.05, 4.69) is 15.6 Å². The van der Waals surface area contributed by atoms with Crippen LogP contribution in [0.1, 0.15) is 44.8 Å². The zero-order chi connectivity index (χ0) is 23.2. The summed E-state index contributed by atoms with van der Waals surface area (Å²) in [5.74, 6) is 0.941. The minimum absolute atomic E-state index is 0.00107. The SMILES string of the molecule is CCc1cc2cc(NC(=NC3CCCCN(CC(=O)N4CCCC4)C3=O)NC#N)ccc2o1. The molecule has 1 atom stereocenters. The second kappa shape index (κ2) is 10.4. The molecular formula is C24H30N6O3. The number of likely N-dealkylation sites (tertiary alicyclic amines) is 2. The number of aryl methyl sites for hydroxylation is 1. The van der Waals surface area contributed by atoms with Gasteiger partial charge in [-0.25, -0.2) is 4.99 Å². The Morgan fingerprint density at radius 2 is 2.00 bits per heavy atom. The molecule has 2 saturated heterocycles. The number of carbonyl (C=O) groups excluding carboxylic acids is 2. The molecule has 1 aromatic carbocycles. The number of carbonyl (C=O) groups is 2. The second-order valence-electron chi connectivity index (χ2n) is 8.52. The topological polar surface area (TPSA) is 114 Å². The molecule has 4 rings (SSSR count). The van der Waals surface area contributed by atoms with E-state index in [1.807, 2.05) is 42.3 Å². The summed E-state index contributed by atoms with van der Waals surface area (Å²) in [6.45, 7) is 4.21. The number of nitrogens with one attached hydrogen (secondary N) is 2. The first-order valence-corrected chi connectivity index (χ1v) is 11.7. The van der Waals surface area contributed by atoms with Gasteiger partial charge >= 0.3 is 0 Å². The number of nitriles is 1. The van der Waals surface area contributed by atoms with Crippen LogP contribution in [-0.2, 0) is 16.0 Å². The van der Waals surface area contributed by atoms with Crippen molar-refractivity contribution in [2.75, 3.05) is 31.5 Å². The van der Waals surface area contributed by atoms with Crippen LogP contribution in [0.25, 0.3) is 11.0 Å². The third-order valence-electron chi connectivity index (χ3n) is 6.17. The highest BCUT2D eigenvalue weighted by Gasteiger charge is 2.30. The quantitative estimate of drug-likeness (QED) is 0.313. The van der Waals surface area contributed by atoms with E-state index in [0.29, 0.717) is 13.0 Å². The van der Waals surface area contributed by atoms with Gasteiger partial charge in [0.2, 0.25) is 17.8 Å². The number of hydrogen-bond acceptors (Lipinski definition) is 5. The Hall–Kier alpha value is -3.54. The van der Waals surface area contributed by atoms with Crippen molar-refractivity contribution in [3.63, 3.8) is 0 Å². The van der Waals surface area contributed by atoms with Gasteiger partial charge in [0, 0.05) is 37.1 Å². The summed E-state index contributed by atoms with van der Waals surface area (Å²) >= 11 is 0. The Balaban J connectivity index is 1.49. The van der Waals surface area contributed by atoms with Gasteiger partial charge in [-0.15, -0.1) is 0 Å². The van der Waals surface area contributed by atoms with Crippen molar-refractivity contribution < 1.29 is 14.0 Å². The van der Waals surface area contributed by atoms with Crippen LogP contribution >= 0.6 is 0 Å². The summed E-state index contributed by atoms with van der Waals surface area (Å²) in [4.78, 5) is 33.8. The Labute approximate surface area is 193 Å². The van der Waals surface area contributed by atoms with E-state index >= 15 is 0 Å². The number of furan rings is 1. The molecule has 0 bridgehead atoms. The van der Waals surface area contributed by atoms with Crippen LogP contribution in [0.15, 0.2) is 33.7 Å². The number of benzene rings is 1. The van der Waals surface area contributed by atoms with Crippen LogP contribution in [0.3, 0.4) is 0 Å². The predicted molar refractivity (Wildman–Crippen MR) is 125 cm³/mol. The number of guanidine groups is 1. The zero-order valence-electron chi connectivity index (χ0n) is 19.0. The van der Waals surface area contributed by atoms with Gasteiger partial charge in [-0.3, -0.25) is 14.9 Å². The van der Waals surface area contributed by atoms with Crippen LogP contribution in [-0.4, -0.2) is 59.8 Å². The fraction of sp³-hybridized carbons (Fsp3) is 0.500. The monoisotopic (exact) mass is 450 g/mol. The van der Waals surface area contributed by atoms with E-state index in [-0.39, 0.29) is 24.3 Å². The lowest BCUT2D eigenvalue weighted by atomic mass is 10.1. The summed E-state index contributed by atoms with van der Waals surface area (Å²) in [6.07, 6.45) is 6.97. The molecule has 33 heavy (non-hydrogen) atoms. The molecule has 9 nitrogen and oxygen atoms in total. The summed E-state index contributed by atoms with van der Waals surface area (Å²) < 4.78 is 5.75. The van der Waals surface area contributed by atoms with Crippen LogP contribution in [0.5, 0.6) is 0 Å². The molecule has 0 aliphatic carbocycles. The van der Waals surface area contributed by atoms with Gasteiger partial charge in [-0.05, 0) is 56.4 Å². The average molecular weight is 451 g/mol. The number of amides is 2. The third kappa shape index (κ3) is 5.45. The number of nitrogens with zero attached hydrogens (tertiary/aromatic N) is 4. The highest BCUT2D eigenvalue weighted by molar-refractivity contribution is 5.98. The summed E-state index contributed by atoms with van der Waals surface area (Å²) in [6, 6.07) is 6.97. The lowest BCUT2D eigenvalue weighted by Crippen LogP contribution is -2.45. The van der Waals surface area contributed by atoms with Gasteiger partial charge in [-0.2, -0.15) is 5.26 Å². The molecule has 0 radical (unpaired) electrons. The highest BCUT2D eigenvalue weighted by Crippen LogP contribution is 2.24. The molecule has 9 heteroatoms. The molecule has 2 aliphatic rings. The van der Waals surface area contributed by atoms with E-state index in [9.17, 15) is 14.9 Å². The van der Waals surface area contributed by atoms with Crippen molar-refractivity contribution in [2.45, 2.75) is 51.5 Å². The lowest BCUT2D eigenvalue weighted by Gasteiger charge is -2.25. The molecule has 2 aliphatic heterocycles. The van der Waals surface area contributed by atoms with Crippen molar-refractivity contribution in [1.82, 2.24) is 15.1 Å².